The van der Waals surface area contributed by atoms with Gasteiger partial charge in [0.1, 0.15) is 22.9 Å². The molecule has 0 atom stereocenters. The largest absolute Gasteiger partial charge is 0.477 e. The standard InChI is InChI=1S/C19H15FN8O5/c20-9-2-1-7(3-8(9)6-23-13-12(21)14(29)15(13)30)5-24-16(31)10-4-11(17(32)33)28-19(25-10)26-18(22)27-28/h1-4,23H,5-6,21H2,(H2,22,27)(H,24,31)(H,32,33). The summed E-state index contributed by atoms with van der Waals surface area (Å²) in [6.45, 7) is -0.157. The molecular formula is C19H15FN8O5. The van der Waals surface area contributed by atoms with Gasteiger partial charge in [0.15, 0.2) is 5.69 Å². The van der Waals surface area contributed by atoms with E-state index in [1.165, 1.54) is 18.2 Å². The summed E-state index contributed by atoms with van der Waals surface area (Å²) in [6.07, 6.45) is 0. The van der Waals surface area contributed by atoms with Crippen molar-refractivity contribution >= 4 is 35.0 Å². The molecule has 4 rings (SSSR count). The number of benzene rings is 1. The van der Waals surface area contributed by atoms with Crippen molar-refractivity contribution in [1.82, 2.24) is 24.9 Å². The molecule has 168 valence electrons. The van der Waals surface area contributed by atoms with Crippen molar-refractivity contribution in [3.8, 4) is 0 Å². The zero-order valence-corrected chi connectivity index (χ0v) is 16.6. The van der Waals surface area contributed by atoms with Crippen LogP contribution in [0.5, 0.6) is 0 Å². The first kappa shape index (κ1) is 21.4. The minimum absolute atomic E-state index is 0.0432. The molecule has 1 amide bonds. The van der Waals surface area contributed by atoms with Gasteiger partial charge in [-0.05, 0) is 17.7 Å². The van der Waals surface area contributed by atoms with Crippen LogP contribution >= 0.6 is 0 Å². The average Bonchev–Trinajstić information content (AvgIpc) is 3.17. The number of hydrogen-bond acceptors (Lipinski definition) is 10. The number of carbonyl (C=O) groups excluding carboxylic acids is 1. The fraction of sp³-hybridized carbons (Fsp3) is 0.105. The number of nitrogen functional groups attached to an aromatic ring is 2. The molecule has 0 aliphatic rings. The van der Waals surface area contributed by atoms with Crippen LogP contribution in [0.15, 0.2) is 33.9 Å². The van der Waals surface area contributed by atoms with E-state index in [4.69, 9.17) is 11.5 Å². The first-order valence-electron chi connectivity index (χ1n) is 9.30. The van der Waals surface area contributed by atoms with E-state index < -0.39 is 28.6 Å². The van der Waals surface area contributed by atoms with Crippen LogP contribution in [0.1, 0.15) is 32.1 Å². The van der Waals surface area contributed by atoms with Crippen molar-refractivity contribution in [2.45, 2.75) is 13.1 Å². The summed E-state index contributed by atoms with van der Waals surface area (Å²) in [6, 6.07) is 5.08. The first-order valence-corrected chi connectivity index (χ1v) is 9.30. The van der Waals surface area contributed by atoms with Gasteiger partial charge in [0.05, 0.1) is 0 Å². The van der Waals surface area contributed by atoms with E-state index in [0.717, 1.165) is 10.6 Å². The van der Waals surface area contributed by atoms with Crippen LogP contribution in [0.2, 0.25) is 0 Å². The Morgan fingerprint density at radius 1 is 1.09 bits per heavy atom. The number of hydrogen-bond donors (Lipinski definition) is 5. The van der Waals surface area contributed by atoms with Crippen molar-refractivity contribution in [3.05, 3.63) is 73.0 Å². The molecule has 0 fully saturated rings. The second-order valence-corrected chi connectivity index (χ2v) is 6.92. The van der Waals surface area contributed by atoms with E-state index in [0.29, 0.717) is 5.56 Å². The molecule has 0 unspecified atom stereocenters. The Balaban J connectivity index is 1.48. The third-order valence-corrected chi connectivity index (χ3v) is 4.75. The van der Waals surface area contributed by atoms with Crippen molar-refractivity contribution in [3.63, 3.8) is 0 Å². The molecule has 33 heavy (non-hydrogen) atoms. The Morgan fingerprint density at radius 2 is 1.85 bits per heavy atom. The summed E-state index contributed by atoms with van der Waals surface area (Å²) >= 11 is 0. The Bertz CT molecular complexity index is 1500. The highest BCUT2D eigenvalue weighted by Gasteiger charge is 2.20. The topological polar surface area (TPSA) is 208 Å². The number of halogens is 1. The smallest absolute Gasteiger partial charge is 0.354 e. The lowest BCUT2D eigenvalue weighted by Crippen LogP contribution is -2.37. The van der Waals surface area contributed by atoms with E-state index in [1.54, 1.807) is 0 Å². The Morgan fingerprint density at radius 3 is 2.55 bits per heavy atom. The van der Waals surface area contributed by atoms with E-state index >= 15 is 0 Å². The van der Waals surface area contributed by atoms with Gasteiger partial charge in [-0.3, -0.25) is 14.4 Å². The number of nitrogens with one attached hydrogen (secondary N) is 2. The van der Waals surface area contributed by atoms with Gasteiger partial charge in [-0.25, -0.2) is 14.2 Å². The van der Waals surface area contributed by atoms with Gasteiger partial charge in [-0.15, -0.1) is 5.10 Å². The molecule has 0 saturated carbocycles. The normalized spacial score (nSPS) is 11.1. The number of nitrogens with zero attached hydrogens (tertiary/aromatic N) is 4. The van der Waals surface area contributed by atoms with Crippen molar-refractivity contribution in [1.29, 1.82) is 0 Å². The first-order chi connectivity index (χ1) is 15.7. The van der Waals surface area contributed by atoms with Gasteiger partial charge >= 0.3 is 5.97 Å². The molecule has 0 radical (unpaired) electrons. The van der Waals surface area contributed by atoms with Crippen LogP contribution in [-0.2, 0) is 13.1 Å². The molecule has 13 nitrogen and oxygen atoms in total. The SMILES string of the molecule is Nc1nc2nc(C(=O)NCc3ccc(F)c(CNc4c(N)c(=O)c4=O)c3)cc(C(=O)O)n2n1. The van der Waals surface area contributed by atoms with Gasteiger partial charge in [0.25, 0.3) is 22.5 Å². The molecule has 14 heteroatoms. The fourth-order valence-corrected chi connectivity index (χ4v) is 3.07. The summed E-state index contributed by atoms with van der Waals surface area (Å²) in [4.78, 5) is 54.3. The number of carbonyl (C=O) groups is 2. The number of amides is 1. The fourth-order valence-electron chi connectivity index (χ4n) is 3.07. The Hall–Kier alpha value is -4.88. The summed E-state index contributed by atoms with van der Waals surface area (Å²) in [5.74, 6) is -3.01. The highest BCUT2D eigenvalue weighted by Crippen LogP contribution is 2.15. The van der Waals surface area contributed by atoms with Crippen molar-refractivity contribution in [2.75, 3.05) is 16.8 Å². The molecule has 0 aliphatic carbocycles. The number of fused-ring (bicyclic) bond motifs is 1. The summed E-state index contributed by atoms with van der Waals surface area (Å²) < 4.78 is 15.0. The molecular weight excluding hydrogens is 439 g/mol. The number of aromatic carboxylic acids is 1. The third-order valence-electron chi connectivity index (χ3n) is 4.75. The zero-order valence-electron chi connectivity index (χ0n) is 16.6. The molecule has 4 aromatic rings. The number of rotatable bonds is 7. The second-order valence-electron chi connectivity index (χ2n) is 6.92. The van der Waals surface area contributed by atoms with Gasteiger partial charge in [-0.2, -0.15) is 9.50 Å². The van der Waals surface area contributed by atoms with Gasteiger partial charge < -0.3 is 27.2 Å². The highest BCUT2D eigenvalue weighted by atomic mass is 19.1. The number of carboxylic acids is 1. The lowest BCUT2D eigenvalue weighted by Gasteiger charge is -2.12. The van der Waals surface area contributed by atoms with Crippen LogP contribution in [0.25, 0.3) is 5.78 Å². The molecule has 2 aromatic carbocycles. The Kier molecular flexibility index (Phi) is 5.17. The van der Waals surface area contributed by atoms with Gasteiger partial charge in [-0.1, -0.05) is 6.07 Å². The number of anilines is 3. The number of carboxylic acid groups (broad SMARTS) is 1. The summed E-state index contributed by atoms with van der Waals surface area (Å²) in [5.41, 5.74) is 9.16. The summed E-state index contributed by atoms with van der Waals surface area (Å²) in [5, 5.41) is 18.2. The van der Waals surface area contributed by atoms with Crippen LogP contribution in [-0.4, -0.2) is 36.6 Å². The second kappa shape index (κ2) is 7.99. The minimum atomic E-state index is -1.36. The van der Waals surface area contributed by atoms with E-state index in [1.807, 2.05) is 0 Å². The van der Waals surface area contributed by atoms with E-state index in [-0.39, 0.29) is 53.1 Å². The quantitative estimate of drug-likeness (QED) is 0.220. The van der Waals surface area contributed by atoms with Crippen LogP contribution in [0.3, 0.4) is 0 Å². The number of aromatic nitrogens is 4. The monoisotopic (exact) mass is 454 g/mol. The molecule has 7 N–H and O–H groups in total. The van der Waals surface area contributed by atoms with Gasteiger partial charge in [0.2, 0.25) is 5.95 Å². The number of nitrogens with two attached hydrogens (primary N) is 2. The van der Waals surface area contributed by atoms with E-state index in [2.05, 4.69) is 25.7 Å². The maximum absolute atomic E-state index is 14.1. The molecule has 0 saturated heterocycles. The predicted octanol–water partition coefficient (Wildman–Crippen LogP) is -0.736. The highest BCUT2D eigenvalue weighted by molar-refractivity contribution is 5.95. The van der Waals surface area contributed by atoms with Crippen molar-refractivity contribution in [2.24, 2.45) is 0 Å². The zero-order chi connectivity index (χ0) is 23.9. The molecule has 2 aromatic heterocycles. The lowest BCUT2D eigenvalue weighted by molar-refractivity contribution is 0.0687. The van der Waals surface area contributed by atoms with Crippen LogP contribution < -0.4 is 33.0 Å². The molecule has 2 heterocycles. The van der Waals surface area contributed by atoms with Gasteiger partial charge in [0, 0.05) is 24.7 Å². The van der Waals surface area contributed by atoms with Crippen LogP contribution in [0, 0.1) is 5.82 Å². The lowest BCUT2D eigenvalue weighted by atomic mass is 10.1. The van der Waals surface area contributed by atoms with Crippen LogP contribution in [0.4, 0.5) is 21.7 Å². The maximum Gasteiger partial charge on any atom is 0.354 e. The maximum atomic E-state index is 14.1. The summed E-state index contributed by atoms with van der Waals surface area (Å²) in [7, 11) is 0. The Labute approximate surface area is 182 Å². The third kappa shape index (κ3) is 3.91. The molecule has 0 spiro atoms. The average molecular weight is 454 g/mol. The molecule has 0 bridgehead atoms. The van der Waals surface area contributed by atoms with Crippen molar-refractivity contribution < 1.29 is 19.1 Å². The predicted molar refractivity (Wildman–Crippen MR) is 113 cm³/mol. The minimum Gasteiger partial charge on any atom is -0.477 e. The van der Waals surface area contributed by atoms with E-state index in [9.17, 15) is 28.7 Å². The molecule has 0 aliphatic heterocycles.